The molecule has 5 nitrogen and oxygen atoms in total. The monoisotopic (exact) mass is 467 g/mol. The van der Waals surface area contributed by atoms with Gasteiger partial charge in [-0.3, -0.25) is 9.59 Å². The van der Waals surface area contributed by atoms with E-state index < -0.39 is 5.97 Å². The summed E-state index contributed by atoms with van der Waals surface area (Å²) in [4.78, 5) is 31.5. The molecular weight excluding hydrogens is 426 g/mol. The molecular formula is C29H41NO4. The Kier molecular flexibility index (Phi) is 26.5. The van der Waals surface area contributed by atoms with Gasteiger partial charge in [-0.15, -0.1) is 0 Å². The van der Waals surface area contributed by atoms with Crippen LogP contribution in [0.4, 0.5) is 0 Å². The topological polar surface area (TPSA) is 97.5 Å². The first-order valence-corrected chi connectivity index (χ1v) is 11.4. The summed E-state index contributed by atoms with van der Waals surface area (Å²) in [5.74, 6) is -0.637. The third-order valence-corrected chi connectivity index (χ3v) is 3.38. The van der Waals surface area contributed by atoms with E-state index in [1.165, 1.54) is 0 Å². The van der Waals surface area contributed by atoms with Gasteiger partial charge in [0.2, 0.25) is 0 Å². The Morgan fingerprint density at radius 3 is 0.912 bits per heavy atom. The van der Waals surface area contributed by atoms with Crippen LogP contribution in [0.2, 0.25) is 0 Å². The molecule has 0 radical (unpaired) electrons. The van der Waals surface area contributed by atoms with Crippen molar-refractivity contribution in [3.63, 3.8) is 0 Å². The predicted molar refractivity (Wildman–Crippen MR) is 144 cm³/mol. The molecule has 3 N–H and O–H groups in total. The molecule has 0 aliphatic carbocycles. The van der Waals surface area contributed by atoms with E-state index in [2.05, 4.69) is 0 Å². The van der Waals surface area contributed by atoms with E-state index in [1.807, 2.05) is 95.3 Å². The van der Waals surface area contributed by atoms with Gasteiger partial charge in [-0.05, 0) is 32.5 Å². The highest BCUT2D eigenvalue weighted by molar-refractivity contribution is 5.94. The summed E-state index contributed by atoms with van der Waals surface area (Å²) < 4.78 is 0. The van der Waals surface area contributed by atoms with Crippen LogP contribution in [-0.4, -0.2) is 29.2 Å². The second-order valence-electron chi connectivity index (χ2n) is 5.92. The van der Waals surface area contributed by atoms with E-state index in [0.29, 0.717) is 5.56 Å². The molecule has 0 aliphatic heterocycles. The highest BCUT2D eigenvalue weighted by Gasteiger charge is 1.96. The van der Waals surface area contributed by atoms with Crippen molar-refractivity contribution in [3.05, 3.63) is 108 Å². The summed E-state index contributed by atoms with van der Waals surface area (Å²) in [6, 6.07) is 26.7. The van der Waals surface area contributed by atoms with Crippen LogP contribution in [0.3, 0.4) is 0 Å². The molecule has 0 bridgehead atoms. The largest absolute Gasteiger partial charge is 0.478 e. The molecule has 34 heavy (non-hydrogen) atoms. The smallest absolute Gasteiger partial charge is 0.335 e. The zero-order valence-electron chi connectivity index (χ0n) is 21.6. The van der Waals surface area contributed by atoms with Crippen LogP contribution in [0.5, 0.6) is 0 Å². The van der Waals surface area contributed by atoms with Crippen LogP contribution in [0.15, 0.2) is 91.0 Å². The molecule has 0 heterocycles. The zero-order chi connectivity index (χ0) is 26.8. The number of carboxylic acid groups (broad SMARTS) is 1. The highest BCUT2D eigenvalue weighted by atomic mass is 16.4. The molecule has 0 saturated heterocycles. The average molecular weight is 468 g/mol. The quantitative estimate of drug-likeness (QED) is 0.398. The fourth-order valence-electron chi connectivity index (χ4n) is 1.93. The Hall–Kier alpha value is -3.57. The molecule has 3 rings (SSSR count). The summed E-state index contributed by atoms with van der Waals surface area (Å²) >= 11 is 0. The Labute approximate surface area is 205 Å². The van der Waals surface area contributed by atoms with Gasteiger partial charge in [-0.1, -0.05) is 113 Å². The summed E-state index contributed by atoms with van der Waals surface area (Å²) in [7, 11) is 0. The van der Waals surface area contributed by atoms with Gasteiger partial charge >= 0.3 is 5.97 Å². The molecule has 5 heteroatoms. The van der Waals surface area contributed by atoms with Crippen molar-refractivity contribution >= 4 is 17.5 Å². The van der Waals surface area contributed by atoms with Crippen molar-refractivity contribution in [2.75, 3.05) is 6.54 Å². The lowest BCUT2D eigenvalue weighted by Crippen LogP contribution is -1.93. The second-order valence-corrected chi connectivity index (χ2v) is 5.92. The molecule has 186 valence electrons. The summed E-state index contributed by atoms with van der Waals surface area (Å²) in [5.41, 5.74) is 6.73. The third-order valence-electron chi connectivity index (χ3n) is 3.38. The Bertz CT molecular complexity index is 747. The van der Waals surface area contributed by atoms with E-state index in [0.717, 1.165) is 17.7 Å². The maximum atomic E-state index is 10.6. The Morgan fingerprint density at radius 1 is 0.588 bits per heavy atom. The van der Waals surface area contributed by atoms with Gasteiger partial charge < -0.3 is 10.8 Å². The molecule has 3 aromatic carbocycles. The first kappa shape index (κ1) is 35.0. The molecule has 0 fully saturated rings. The van der Waals surface area contributed by atoms with Crippen LogP contribution in [0.25, 0.3) is 0 Å². The fraction of sp³-hybridized carbons (Fsp3) is 0.276. The lowest BCUT2D eigenvalue weighted by atomic mass is 10.2. The van der Waals surface area contributed by atoms with Crippen molar-refractivity contribution < 1.29 is 19.5 Å². The zero-order valence-corrected chi connectivity index (χ0v) is 21.6. The molecule has 0 spiro atoms. The van der Waals surface area contributed by atoms with Crippen LogP contribution in [0.1, 0.15) is 79.5 Å². The van der Waals surface area contributed by atoms with Gasteiger partial charge in [0.05, 0.1) is 5.56 Å². The minimum atomic E-state index is -0.879. The lowest BCUT2D eigenvalue weighted by Gasteiger charge is -1.89. The molecule has 0 aliphatic rings. The molecule has 0 amide bonds. The van der Waals surface area contributed by atoms with E-state index in [9.17, 15) is 14.4 Å². The second kappa shape index (κ2) is 25.7. The Balaban J connectivity index is -0.000000374. The van der Waals surface area contributed by atoms with Crippen molar-refractivity contribution in [1.82, 2.24) is 0 Å². The van der Waals surface area contributed by atoms with E-state index in [4.69, 9.17) is 10.8 Å². The van der Waals surface area contributed by atoms with E-state index >= 15 is 0 Å². The number of rotatable bonds is 3. The van der Waals surface area contributed by atoms with Crippen molar-refractivity contribution in [3.8, 4) is 0 Å². The number of carbonyl (C=O) groups excluding carboxylic acids is 2. The van der Waals surface area contributed by atoms with Gasteiger partial charge in [0, 0.05) is 11.1 Å². The highest BCUT2D eigenvalue weighted by Crippen LogP contribution is 1.98. The van der Waals surface area contributed by atoms with E-state index in [-0.39, 0.29) is 11.6 Å². The predicted octanol–water partition coefficient (Wildman–Crippen LogP) is 7.18. The number of aromatic carboxylic acids is 1. The standard InChI is InChI=1S/2C8H8O.C7H6O2.C2H7N.2C2H6/c2*1-7(9)8-5-3-2-4-6-8;8-7(9)6-4-2-1-3-5-6;1-2-3;2*1-2/h2*2-6H,1H3;1-5H,(H,8,9);2-3H2,1H3;2*1-2H3. The molecule has 0 atom stereocenters. The minimum absolute atomic E-state index is 0.121. The SMILES string of the molecule is CC.CC.CC(=O)c1ccccc1.CC(=O)c1ccccc1.CCN.O=C(O)c1ccccc1. The number of benzene rings is 3. The number of hydrogen-bond acceptors (Lipinski definition) is 4. The third kappa shape index (κ3) is 20.3. The van der Waals surface area contributed by atoms with Crippen molar-refractivity contribution in [2.45, 2.75) is 48.5 Å². The summed E-state index contributed by atoms with van der Waals surface area (Å²) in [5, 5.41) is 8.38. The molecule has 0 unspecified atom stereocenters. The minimum Gasteiger partial charge on any atom is -0.478 e. The summed E-state index contributed by atoms with van der Waals surface area (Å²) in [6.45, 7) is 13.8. The van der Waals surface area contributed by atoms with Crippen LogP contribution in [-0.2, 0) is 0 Å². The van der Waals surface area contributed by atoms with Crippen LogP contribution in [0, 0.1) is 0 Å². The van der Waals surface area contributed by atoms with Crippen LogP contribution >= 0.6 is 0 Å². The van der Waals surface area contributed by atoms with Gasteiger partial charge in [-0.2, -0.15) is 0 Å². The maximum absolute atomic E-state index is 10.6. The summed E-state index contributed by atoms with van der Waals surface area (Å²) in [6.07, 6.45) is 0. The fourth-order valence-corrected chi connectivity index (χ4v) is 1.93. The first-order chi connectivity index (χ1) is 16.3. The molecule has 0 aromatic heterocycles. The number of nitrogens with two attached hydrogens (primary N) is 1. The average Bonchev–Trinajstić information content (AvgIpc) is 2.89. The number of Topliss-reactive ketones (excluding diaryl/α,β-unsaturated/α-hetero) is 2. The first-order valence-electron chi connectivity index (χ1n) is 11.4. The van der Waals surface area contributed by atoms with Crippen LogP contribution < -0.4 is 5.73 Å². The number of carbonyl (C=O) groups is 3. The van der Waals surface area contributed by atoms with Gasteiger partial charge in [0.1, 0.15) is 0 Å². The maximum Gasteiger partial charge on any atom is 0.335 e. The van der Waals surface area contributed by atoms with Crippen molar-refractivity contribution in [2.24, 2.45) is 5.73 Å². The number of hydrogen-bond donors (Lipinski definition) is 2. The lowest BCUT2D eigenvalue weighted by molar-refractivity contribution is 0.0696. The molecule has 3 aromatic rings. The van der Waals surface area contributed by atoms with Gasteiger partial charge in [0.25, 0.3) is 0 Å². The van der Waals surface area contributed by atoms with Gasteiger partial charge in [-0.25, -0.2) is 4.79 Å². The molecule has 0 saturated carbocycles. The number of ketones is 2. The Morgan fingerprint density at radius 2 is 0.794 bits per heavy atom. The van der Waals surface area contributed by atoms with Gasteiger partial charge in [0.15, 0.2) is 11.6 Å². The number of carboxylic acids is 1. The van der Waals surface area contributed by atoms with E-state index in [1.54, 1.807) is 44.2 Å². The normalized spacial score (nSPS) is 8.00. The van der Waals surface area contributed by atoms with Crippen molar-refractivity contribution in [1.29, 1.82) is 0 Å².